The lowest BCUT2D eigenvalue weighted by atomic mass is 10.2. The maximum atomic E-state index is 12.3. The van der Waals surface area contributed by atoms with E-state index in [-0.39, 0.29) is 5.91 Å². The average molecular weight is 366 g/mol. The van der Waals surface area contributed by atoms with Gasteiger partial charge in [0.05, 0.1) is 19.3 Å². The molecule has 2 fully saturated rings. The first kappa shape index (κ1) is 19.3. The summed E-state index contributed by atoms with van der Waals surface area (Å²) in [5, 5.41) is 9.94. The molecule has 8 heteroatoms. The van der Waals surface area contributed by atoms with E-state index in [4.69, 9.17) is 9.15 Å². The van der Waals surface area contributed by atoms with Crippen LogP contribution in [0.4, 0.5) is 0 Å². The Hall–Kier alpha value is -1.48. The van der Waals surface area contributed by atoms with Crippen molar-refractivity contribution in [1.29, 1.82) is 0 Å². The number of nitrogens with zero attached hydrogens (tertiary/aromatic N) is 4. The number of piperazine rings is 1. The van der Waals surface area contributed by atoms with Crippen LogP contribution in [0.1, 0.15) is 36.1 Å². The van der Waals surface area contributed by atoms with Gasteiger partial charge in [-0.1, -0.05) is 0 Å². The molecular weight excluding hydrogens is 336 g/mol. The van der Waals surface area contributed by atoms with E-state index in [9.17, 15) is 9.90 Å². The minimum atomic E-state index is -0.438. The number of amides is 1. The number of carbonyl (C=O) groups is 1. The lowest BCUT2D eigenvalue weighted by Crippen LogP contribution is -2.48. The van der Waals surface area contributed by atoms with Gasteiger partial charge in [0.2, 0.25) is 5.89 Å². The van der Waals surface area contributed by atoms with Crippen LogP contribution in [0.15, 0.2) is 10.7 Å². The second kappa shape index (κ2) is 9.45. The van der Waals surface area contributed by atoms with E-state index in [1.54, 1.807) is 0 Å². The summed E-state index contributed by atoms with van der Waals surface area (Å²) >= 11 is 0. The highest BCUT2D eigenvalue weighted by Gasteiger charge is 2.24. The van der Waals surface area contributed by atoms with Gasteiger partial charge in [-0.25, -0.2) is 4.98 Å². The molecule has 1 aromatic heterocycles. The van der Waals surface area contributed by atoms with Crippen LogP contribution in [0.3, 0.4) is 0 Å². The van der Waals surface area contributed by atoms with Crippen LogP contribution in [-0.4, -0.2) is 95.8 Å². The van der Waals surface area contributed by atoms with Gasteiger partial charge in [-0.05, 0) is 19.8 Å². The van der Waals surface area contributed by atoms with Crippen LogP contribution in [0.5, 0.6) is 0 Å². The average Bonchev–Trinajstić information content (AvgIpc) is 3.33. The van der Waals surface area contributed by atoms with Crippen molar-refractivity contribution in [3.8, 4) is 0 Å². The Kier molecular flexibility index (Phi) is 7.01. The van der Waals surface area contributed by atoms with Gasteiger partial charge in [0.1, 0.15) is 6.26 Å². The van der Waals surface area contributed by atoms with Gasteiger partial charge >= 0.3 is 0 Å². The van der Waals surface area contributed by atoms with E-state index in [1.807, 2.05) is 11.8 Å². The molecule has 146 valence electrons. The highest BCUT2D eigenvalue weighted by Crippen LogP contribution is 2.14. The Morgan fingerprint density at radius 1 is 1.23 bits per heavy atom. The number of aliphatic hydroxyl groups is 1. The SMILES string of the molecule is CCOCC(O)CN1CCN(Cc2nc(C(=O)N3CCCC3)co2)CC1. The molecule has 8 nitrogen and oxygen atoms in total. The number of ether oxygens (including phenoxy) is 1. The van der Waals surface area contributed by atoms with Gasteiger partial charge < -0.3 is 19.2 Å². The second-order valence-electron chi connectivity index (χ2n) is 7.02. The minimum absolute atomic E-state index is 0.0226. The topological polar surface area (TPSA) is 82.3 Å². The summed E-state index contributed by atoms with van der Waals surface area (Å²) in [7, 11) is 0. The molecule has 2 saturated heterocycles. The van der Waals surface area contributed by atoms with Crippen molar-refractivity contribution in [1.82, 2.24) is 19.7 Å². The van der Waals surface area contributed by atoms with Crippen molar-refractivity contribution >= 4 is 5.91 Å². The molecule has 0 spiro atoms. The summed E-state index contributed by atoms with van der Waals surface area (Å²) in [6, 6.07) is 0. The highest BCUT2D eigenvalue weighted by molar-refractivity contribution is 5.92. The molecule has 0 saturated carbocycles. The summed E-state index contributed by atoms with van der Waals surface area (Å²) in [4.78, 5) is 23.1. The molecule has 0 radical (unpaired) electrons. The number of carbonyl (C=O) groups excluding carboxylic acids is 1. The predicted octanol–water partition coefficient (Wildman–Crippen LogP) is 0.426. The van der Waals surface area contributed by atoms with Gasteiger partial charge in [-0.3, -0.25) is 14.6 Å². The first-order chi connectivity index (χ1) is 12.7. The van der Waals surface area contributed by atoms with Crippen molar-refractivity contribution in [2.45, 2.75) is 32.4 Å². The predicted molar refractivity (Wildman–Crippen MR) is 95.9 cm³/mol. The summed E-state index contributed by atoms with van der Waals surface area (Å²) in [6.07, 6.45) is 3.18. The molecule has 2 aliphatic rings. The van der Waals surface area contributed by atoms with Crippen molar-refractivity contribution in [2.24, 2.45) is 0 Å². The van der Waals surface area contributed by atoms with Crippen molar-refractivity contribution < 1.29 is 19.1 Å². The summed E-state index contributed by atoms with van der Waals surface area (Å²) in [5.41, 5.74) is 0.416. The van der Waals surface area contributed by atoms with E-state index in [0.717, 1.165) is 52.1 Å². The number of oxazole rings is 1. The molecular formula is C18H30N4O4. The van der Waals surface area contributed by atoms with Crippen molar-refractivity contribution in [2.75, 3.05) is 59.0 Å². The van der Waals surface area contributed by atoms with E-state index in [2.05, 4.69) is 14.8 Å². The normalized spacial score (nSPS) is 20.6. The quantitative estimate of drug-likeness (QED) is 0.714. The first-order valence-corrected chi connectivity index (χ1v) is 9.60. The Bertz CT molecular complexity index is 565. The minimum Gasteiger partial charge on any atom is -0.447 e. The van der Waals surface area contributed by atoms with Crippen LogP contribution in [0, 0.1) is 0 Å². The third kappa shape index (κ3) is 5.26. The fraction of sp³-hybridized carbons (Fsp3) is 0.778. The molecule has 1 amide bonds. The third-order valence-corrected chi connectivity index (χ3v) is 4.97. The van der Waals surface area contributed by atoms with Crippen molar-refractivity contribution in [3.05, 3.63) is 17.8 Å². The zero-order chi connectivity index (χ0) is 18.4. The third-order valence-electron chi connectivity index (χ3n) is 4.97. The van der Waals surface area contributed by atoms with Crippen LogP contribution in [0.2, 0.25) is 0 Å². The van der Waals surface area contributed by atoms with Crippen LogP contribution in [0.25, 0.3) is 0 Å². The molecule has 1 aromatic rings. The molecule has 26 heavy (non-hydrogen) atoms. The second-order valence-corrected chi connectivity index (χ2v) is 7.02. The molecule has 0 bridgehead atoms. The number of hydrogen-bond donors (Lipinski definition) is 1. The van der Waals surface area contributed by atoms with Crippen LogP contribution >= 0.6 is 0 Å². The number of β-amino-alcohol motifs (C(OH)–C–C–N with tert-alkyl or cyclic N) is 1. The van der Waals surface area contributed by atoms with E-state index in [0.29, 0.717) is 37.9 Å². The zero-order valence-corrected chi connectivity index (χ0v) is 15.6. The Balaban J connectivity index is 1.41. The number of likely N-dealkylation sites (tertiary alicyclic amines) is 1. The molecule has 0 aromatic carbocycles. The van der Waals surface area contributed by atoms with E-state index < -0.39 is 6.10 Å². The Labute approximate surface area is 154 Å². The smallest absolute Gasteiger partial charge is 0.275 e. The molecule has 1 unspecified atom stereocenters. The standard InChI is InChI=1S/C18H30N4O4/c1-2-25-13-15(23)11-20-7-9-21(10-8-20)12-17-19-16(14-26-17)18(24)22-5-3-4-6-22/h14-15,23H,2-13H2,1H3. The first-order valence-electron chi connectivity index (χ1n) is 9.60. The fourth-order valence-corrected chi connectivity index (χ4v) is 3.49. The van der Waals surface area contributed by atoms with Gasteiger partial charge in [-0.15, -0.1) is 0 Å². The maximum Gasteiger partial charge on any atom is 0.275 e. The van der Waals surface area contributed by atoms with Gasteiger partial charge in [0.25, 0.3) is 5.91 Å². The van der Waals surface area contributed by atoms with E-state index in [1.165, 1.54) is 6.26 Å². The summed E-state index contributed by atoms with van der Waals surface area (Å²) < 4.78 is 10.8. The van der Waals surface area contributed by atoms with E-state index >= 15 is 0 Å². The van der Waals surface area contributed by atoms with Crippen LogP contribution < -0.4 is 0 Å². The lowest BCUT2D eigenvalue weighted by molar-refractivity contribution is 0.00949. The van der Waals surface area contributed by atoms with Gasteiger partial charge in [0.15, 0.2) is 5.69 Å². The van der Waals surface area contributed by atoms with Crippen molar-refractivity contribution in [3.63, 3.8) is 0 Å². The Morgan fingerprint density at radius 3 is 2.62 bits per heavy atom. The molecule has 2 aliphatic heterocycles. The van der Waals surface area contributed by atoms with Crippen LogP contribution in [-0.2, 0) is 11.3 Å². The van der Waals surface area contributed by atoms with Gasteiger partial charge in [0, 0.05) is 52.4 Å². The Morgan fingerprint density at radius 2 is 1.92 bits per heavy atom. The number of rotatable bonds is 8. The largest absolute Gasteiger partial charge is 0.447 e. The monoisotopic (exact) mass is 366 g/mol. The molecule has 3 heterocycles. The molecule has 0 aliphatic carbocycles. The zero-order valence-electron chi connectivity index (χ0n) is 15.6. The lowest BCUT2D eigenvalue weighted by Gasteiger charge is -2.34. The molecule has 1 N–H and O–H groups in total. The number of hydrogen-bond acceptors (Lipinski definition) is 7. The molecule has 1 atom stereocenters. The fourth-order valence-electron chi connectivity index (χ4n) is 3.49. The van der Waals surface area contributed by atoms with Gasteiger partial charge in [-0.2, -0.15) is 0 Å². The summed E-state index contributed by atoms with van der Waals surface area (Å²) in [5.74, 6) is 0.572. The number of aromatic nitrogens is 1. The molecule has 3 rings (SSSR count). The highest BCUT2D eigenvalue weighted by atomic mass is 16.5. The maximum absolute atomic E-state index is 12.3. The summed E-state index contributed by atoms with van der Waals surface area (Å²) in [6.45, 7) is 9.40. The number of aliphatic hydroxyl groups excluding tert-OH is 1.